The Labute approximate surface area is 167 Å². The van der Waals surface area contributed by atoms with Crippen LogP contribution in [0.2, 0.25) is 0 Å². The number of rotatable bonds is 6. The highest BCUT2D eigenvalue weighted by molar-refractivity contribution is 5.93. The summed E-state index contributed by atoms with van der Waals surface area (Å²) >= 11 is 0. The Morgan fingerprint density at radius 3 is 2.50 bits per heavy atom. The van der Waals surface area contributed by atoms with Crippen LogP contribution in [-0.4, -0.2) is 57.2 Å². The summed E-state index contributed by atoms with van der Waals surface area (Å²) in [6.45, 7) is 7.27. The number of hydrogen-bond donors (Lipinski definition) is 1. The molecule has 0 bridgehead atoms. The van der Waals surface area contributed by atoms with Crippen molar-refractivity contribution in [1.82, 2.24) is 4.90 Å². The Morgan fingerprint density at radius 1 is 1.11 bits per heavy atom. The van der Waals surface area contributed by atoms with Crippen LogP contribution in [0.5, 0.6) is 11.5 Å². The molecular weight excluding hydrogens is 354 g/mol. The van der Waals surface area contributed by atoms with E-state index in [-0.39, 0.29) is 5.91 Å². The zero-order chi connectivity index (χ0) is 20.1. The number of hydrogen-bond acceptors (Lipinski definition) is 5. The molecule has 0 unspecified atom stereocenters. The number of carbonyl (C=O) groups excluding carboxylic acids is 1. The van der Waals surface area contributed by atoms with Gasteiger partial charge in [0.1, 0.15) is 11.5 Å². The minimum atomic E-state index is -0.0422. The van der Waals surface area contributed by atoms with Crippen LogP contribution < -0.4 is 19.7 Å². The zero-order valence-electron chi connectivity index (χ0n) is 17.1. The molecule has 3 rings (SSSR count). The van der Waals surface area contributed by atoms with Gasteiger partial charge in [0.05, 0.1) is 26.5 Å². The third kappa shape index (κ3) is 4.75. The summed E-state index contributed by atoms with van der Waals surface area (Å²) in [5.41, 5.74) is 3.16. The summed E-state index contributed by atoms with van der Waals surface area (Å²) in [6, 6.07) is 14.3. The van der Waals surface area contributed by atoms with E-state index in [1.807, 2.05) is 0 Å². The van der Waals surface area contributed by atoms with E-state index in [9.17, 15) is 4.79 Å². The van der Waals surface area contributed by atoms with Crippen molar-refractivity contribution >= 4 is 17.3 Å². The van der Waals surface area contributed by atoms with Crippen LogP contribution >= 0.6 is 0 Å². The number of amides is 1. The molecule has 1 aliphatic rings. The number of methoxy groups -OCH3 is 2. The highest BCUT2D eigenvalue weighted by atomic mass is 16.5. The summed E-state index contributed by atoms with van der Waals surface area (Å²) < 4.78 is 10.5. The quantitative estimate of drug-likeness (QED) is 0.830. The number of piperazine rings is 1. The minimum absolute atomic E-state index is 0.0422. The first-order valence-corrected chi connectivity index (χ1v) is 9.57. The van der Waals surface area contributed by atoms with Crippen molar-refractivity contribution in [3.8, 4) is 11.5 Å². The number of aryl methyl sites for hydroxylation is 1. The number of nitrogens with one attached hydrogen (secondary N) is 1. The van der Waals surface area contributed by atoms with E-state index in [0.29, 0.717) is 29.8 Å². The molecule has 2 aromatic rings. The number of benzene rings is 2. The molecule has 1 heterocycles. The Bertz CT molecular complexity index is 807. The first kappa shape index (κ1) is 20.0. The highest BCUT2D eigenvalue weighted by Gasteiger charge is 2.25. The van der Waals surface area contributed by atoms with E-state index in [2.05, 4.69) is 53.2 Å². The second-order valence-corrected chi connectivity index (χ2v) is 7.23. The largest absolute Gasteiger partial charge is 0.497 e. The molecule has 0 aromatic heterocycles. The van der Waals surface area contributed by atoms with Gasteiger partial charge in [-0.3, -0.25) is 9.69 Å². The summed E-state index contributed by atoms with van der Waals surface area (Å²) in [7, 11) is 3.18. The Balaban J connectivity index is 1.56. The maximum atomic E-state index is 12.5. The fourth-order valence-electron chi connectivity index (χ4n) is 3.59. The molecule has 6 nitrogen and oxygen atoms in total. The fraction of sp³-hybridized carbons (Fsp3) is 0.409. The zero-order valence-corrected chi connectivity index (χ0v) is 17.1. The van der Waals surface area contributed by atoms with E-state index >= 15 is 0 Å². The molecule has 150 valence electrons. The van der Waals surface area contributed by atoms with Crippen molar-refractivity contribution in [2.45, 2.75) is 19.9 Å². The Kier molecular flexibility index (Phi) is 6.41. The normalized spacial score (nSPS) is 17.3. The molecule has 1 amide bonds. The Hall–Kier alpha value is -2.73. The van der Waals surface area contributed by atoms with Gasteiger partial charge in [0, 0.05) is 37.4 Å². The van der Waals surface area contributed by atoms with Crippen LogP contribution in [0.3, 0.4) is 0 Å². The molecule has 28 heavy (non-hydrogen) atoms. The molecule has 0 aliphatic carbocycles. The third-order valence-corrected chi connectivity index (χ3v) is 5.13. The van der Waals surface area contributed by atoms with Gasteiger partial charge in [-0.05, 0) is 38.1 Å². The second-order valence-electron chi connectivity index (χ2n) is 7.23. The average molecular weight is 383 g/mol. The predicted octanol–water partition coefficient (Wildman–Crippen LogP) is 3.16. The lowest BCUT2D eigenvalue weighted by atomic mass is 10.1. The molecule has 1 aliphatic heterocycles. The van der Waals surface area contributed by atoms with Gasteiger partial charge in [-0.25, -0.2) is 0 Å². The second kappa shape index (κ2) is 8.97. The molecule has 0 radical (unpaired) electrons. The topological polar surface area (TPSA) is 54.0 Å². The fourth-order valence-corrected chi connectivity index (χ4v) is 3.59. The van der Waals surface area contributed by atoms with Crippen LogP contribution in [0.15, 0.2) is 42.5 Å². The molecule has 6 heteroatoms. The SMILES string of the molecule is COc1ccc(NC(=O)CN2CCN(c3ccc(C)cc3)[C@@H](C)C2)c(OC)c1. The van der Waals surface area contributed by atoms with Gasteiger partial charge in [0.25, 0.3) is 0 Å². The molecule has 0 spiro atoms. The van der Waals surface area contributed by atoms with Crippen LogP contribution in [0.25, 0.3) is 0 Å². The van der Waals surface area contributed by atoms with E-state index in [1.165, 1.54) is 11.3 Å². The van der Waals surface area contributed by atoms with Crippen molar-refractivity contribution in [2.75, 3.05) is 50.6 Å². The molecular formula is C22H29N3O3. The van der Waals surface area contributed by atoms with Crippen LogP contribution in [0, 0.1) is 6.92 Å². The maximum Gasteiger partial charge on any atom is 0.238 e. The first-order chi connectivity index (χ1) is 13.5. The van der Waals surface area contributed by atoms with Gasteiger partial charge in [-0.15, -0.1) is 0 Å². The van der Waals surface area contributed by atoms with Gasteiger partial charge < -0.3 is 19.7 Å². The van der Waals surface area contributed by atoms with Crippen molar-refractivity contribution < 1.29 is 14.3 Å². The van der Waals surface area contributed by atoms with Gasteiger partial charge in [-0.1, -0.05) is 17.7 Å². The summed E-state index contributed by atoms with van der Waals surface area (Å²) in [5.74, 6) is 1.24. The maximum absolute atomic E-state index is 12.5. The van der Waals surface area contributed by atoms with Gasteiger partial charge >= 0.3 is 0 Å². The molecule has 1 atom stereocenters. The number of carbonyl (C=O) groups is 1. The van der Waals surface area contributed by atoms with E-state index < -0.39 is 0 Å². The van der Waals surface area contributed by atoms with Crippen LogP contribution in [-0.2, 0) is 4.79 Å². The molecule has 2 aromatic carbocycles. The molecule has 1 N–H and O–H groups in total. The third-order valence-electron chi connectivity index (χ3n) is 5.13. The molecule has 0 saturated carbocycles. The highest BCUT2D eigenvalue weighted by Crippen LogP contribution is 2.29. The van der Waals surface area contributed by atoms with Crippen molar-refractivity contribution in [3.05, 3.63) is 48.0 Å². The van der Waals surface area contributed by atoms with Gasteiger partial charge in [0.2, 0.25) is 5.91 Å². The number of anilines is 2. The summed E-state index contributed by atoms with van der Waals surface area (Å²) in [4.78, 5) is 17.1. The van der Waals surface area contributed by atoms with Crippen molar-refractivity contribution in [3.63, 3.8) is 0 Å². The minimum Gasteiger partial charge on any atom is -0.497 e. The lowest BCUT2D eigenvalue weighted by Crippen LogP contribution is -2.53. The monoisotopic (exact) mass is 383 g/mol. The van der Waals surface area contributed by atoms with Gasteiger partial charge in [0.15, 0.2) is 0 Å². The van der Waals surface area contributed by atoms with E-state index in [4.69, 9.17) is 9.47 Å². The molecule has 1 saturated heterocycles. The van der Waals surface area contributed by atoms with Crippen molar-refractivity contribution in [2.24, 2.45) is 0 Å². The number of ether oxygens (including phenoxy) is 2. The summed E-state index contributed by atoms with van der Waals surface area (Å²) in [6.07, 6.45) is 0. The first-order valence-electron chi connectivity index (χ1n) is 9.57. The molecule has 1 fully saturated rings. The summed E-state index contributed by atoms with van der Waals surface area (Å²) in [5, 5.41) is 2.95. The smallest absolute Gasteiger partial charge is 0.238 e. The average Bonchev–Trinajstić information content (AvgIpc) is 2.69. The lowest BCUT2D eigenvalue weighted by molar-refractivity contribution is -0.117. The predicted molar refractivity (Wildman–Crippen MR) is 113 cm³/mol. The standard InChI is InChI=1S/C22H29N3O3/c1-16-5-7-18(8-6-16)25-12-11-24(14-17(25)2)15-22(26)23-20-10-9-19(27-3)13-21(20)28-4/h5-10,13,17H,11-12,14-15H2,1-4H3,(H,23,26)/t17-/m0/s1. The van der Waals surface area contributed by atoms with E-state index in [0.717, 1.165) is 19.6 Å². The van der Waals surface area contributed by atoms with Crippen LogP contribution in [0.4, 0.5) is 11.4 Å². The van der Waals surface area contributed by atoms with Crippen LogP contribution in [0.1, 0.15) is 12.5 Å². The lowest BCUT2D eigenvalue weighted by Gasteiger charge is -2.41. The number of nitrogens with zero attached hydrogens (tertiary/aromatic N) is 2. The Morgan fingerprint density at radius 2 is 1.86 bits per heavy atom. The van der Waals surface area contributed by atoms with E-state index in [1.54, 1.807) is 32.4 Å². The van der Waals surface area contributed by atoms with Crippen molar-refractivity contribution in [1.29, 1.82) is 0 Å². The van der Waals surface area contributed by atoms with Gasteiger partial charge in [-0.2, -0.15) is 0 Å².